The first-order valence-electron chi connectivity index (χ1n) is 8.55. The SMILES string of the molecule is Cc1ccc(C(=O)O)cc1Nc1ncnc2sc(C)c(-c3ccc(Cl)cc3)c12. The van der Waals surface area contributed by atoms with Crippen molar-refractivity contribution < 1.29 is 9.90 Å². The molecule has 0 bridgehead atoms. The van der Waals surface area contributed by atoms with Crippen LogP contribution in [0.3, 0.4) is 0 Å². The lowest BCUT2D eigenvalue weighted by atomic mass is 10.0. The second-order valence-electron chi connectivity index (χ2n) is 6.40. The van der Waals surface area contributed by atoms with Crippen LogP contribution in [0, 0.1) is 13.8 Å². The molecule has 0 spiro atoms. The van der Waals surface area contributed by atoms with Gasteiger partial charge in [0.15, 0.2) is 0 Å². The summed E-state index contributed by atoms with van der Waals surface area (Å²) in [5, 5.41) is 14.2. The van der Waals surface area contributed by atoms with Gasteiger partial charge >= 0.3 is 5.97 Å². The minimum absolute atomic E-state index is 0.220. The first kappa shape index (κ1) is 18.4. The Morgan fingerprint density at radius 3 is 2.57 bits per heavy atom. The molecule has 2 aromatic carbocycles. The summed E-state index contributed by atoms with van der Waals surface area (Å²) in [4.78, 5) is 22.2. The highest BCUT2D eigenvalue weighted by Gasteiger charge is 2.17. The lowest BCUT2D eigenvalue weighted by molar-refractivity contribution is 0.0697. The van der Waals surface area contributed by atoms with Crippen molar-refractivity contribution in [2.75, 3.05) is 5.32 Å². The Labute approximate surface area is 170 Å². The number of carbonyl (C=O) groups is 1. The molecule has 0 aliphatic carbocycles. The number of benzene rings is 2. The van der Waals surface area contributed by atoms with Gasteiger partial charge in [-0.3, -0.25) is 0 Å². The molecule has 0 radical (unpaired) electrons. The van der Waals surface area contributed by atoms with Crippen molar-refractivity contribution in [3.8, 4) is 11.1 Å². The Kier molecular flexibility index (Phi) is 4.75. The van der Waals surface area contributed by atoms with Crippen LogP contribution in [0.15, 0.2) is 48.8 Å². The van der Waals surface area contributed by atoms with Crippen molar-refractivity contribution in [2.24, 2.45) is 0 Å². The first-order chi connectivity index (χ1) is 13.4. The summed E-state index contributed by atoms with van der Waals surface area (Å²) in [6.45, 7) is 3.97. The highest BCUT2D eigenvalue weighted by Crippen LogP contribution is 2.41. The molecule has 2 N–H and O–H groups in total. The molecule has 5 nitrogen and oxygen atoms in total. The number of aromatic nitrogens is 2. The standard InChI is InChI=1S/C21H16ClN3O2S/c1-11-3-4-14(21(26)27)9-16(11)25-19-18-17(13-5-7-15(22)8-6-13)12(2)28-20(18)24-10-23-19/h3-10H,1-2H3,(H,26,27)(H,23,24,25). The van der Waals surface area contributed by atoms with Gasteiger partial charge in [0, 0.05) is 21.2 Å². The van der Waals surface area contributed by atoms with E-state index in [1.807, 2.05) is 31.2 Å². The summed E-state index contributed by atoms with van der Waals surface area (Å²) in [7, 11) is 0. The van der Waals surface area contributed by atoms with Crippen LogP contribution in [0.2, 0.25) is 5.02 Å². The lowest BCUT2D eigenvalue weighted by Gasteiger charge is -2.12. The lowest BCUT2D eigenvalue weighted by Crippen LogP contribution is -2.01. The average molecular weight is 410 g/mol. The highest BCUT2D eigenvalue weighted by molar-refractivity contribution is 7.19. The van der Waals surface area contributed by atoms with E-state index in [1.54, 1.807) is 29.5 Å². The number of aryl methyl sites for hydroxylation is 2. The zero-order valence-electron chi connectivity index (χ0n) is 15.2. The van der Waals surface area contributed by atoms with Gasteiger partial charge in [-0.2, -0.15) is 0 Å². The fraction of sp³-hybridized carbons (Fsp3) is 0.0952. The maximum atomic E-state index is 11.3. The van der Waals surface area contributed by atoms with E-state index in [1.165, 1.54) is 6.33 Å². The largest absolute Gasteiger partial charge is 0.478 e. The zero-order chi connectivity index (χ0) is 19.8. The van der Waals surface area contributed by atoms with Gasteiger partial charge in [0.05, 0.1) is 10.9 Å². The van der Waals surface area contributed by atoms with E-state index < -0.39 is 5.97 Å². The predicted molar refractivity (Wildman–Crippen MR) is 114 cm³/mol. The number of carboxylic acids is 1. The van der Waals surface area contributed by atoms with Crippen molar-refractivity contribution in [3.63, 3.8) is 0 Å². The molecule has 2 aromatic heterocycles. The Balaban J connectivity index is 1.88. The van der Waals surface area contributed by atoms with Gasteiger partial charge in [-0.1, -0.05) is 29.8 Å². The molecule has 140 valence electrons. The summed E-state index contributed by atoms with van der Waals surface area (Å²) >= 11 is 7.64. The number of hydrogen-bond donors (Lipinski definition) is 2. The van der Waals surface area contributed by atoms with E-state index in [-0.39, 0.29) is 5.56 Å². The van der Waals surface area contributed by atoms with Gasteiger partial charge in [0.2, 0.25) is 0 Å². The normalized spacial score (nSPS) is 11.0. The van der Waals surface area contributed by atoms with E-state index in [0.717, 1.165) is 31.8 Å². The quantitative estimate of drug-likeness (QED) is 0.427. The minimum Gasteiger partial charge on any atom is -0.478 e. The molecule has 0 aliphatic rings. The summed E-state index contributed by atoms with van der Waals surface area (Å²) < 4.78 is 0. The number of thiophene rings is 1. The summed E-state index contributed by atoms with van der Waals surface area (Å²) in [5.74, 6) is -0.325. The zero-order valence-corrected chi connectivity index (χ0v) is 16.7. The molecule has 0 saturated heterocycles. The van der Waals surface area contributed by atoms with E-state index in [2.05, 4.69) is 22.2 Å². The van der Waals surface area contributed by atoms with E-state index in [9.17, 15) is 9.90 Å². The van der Waals surface area contributed by atoms with Crippen LogP contribution in [0.5, 0.6) is 0 Å². The van der Waals surface area contributed by atoms with Crippen LogP contribution in [-0.4, -0.2) is 21.0 Å². The highest BCUT2D eigenvalue weighted by atomic mass is 35.5. The van der Waals surface area contributed by atoms with Crippen LogP contribution in [0.4, 0.5) is 11.5 Å². The smallest absolute Gasteiger partial charge is 0.335 e. The number of aromatic carboxylic acids is 1. The third-order valence-electron chi connectivity index (χ3n) is 4.53. The maximum absolute atomic E-state index is 11.3. The van der Waals surface area contributed by atoms with Gasteiger partial charge in [0.25, 0.3) is 0 Å². The van der Waals surface area contributed by atoms with Crippen LogP contribution in [0.1, 0.15) is 20.8 Å². The van der Waals surface area contributed by atoms with Gasteiger partial charge in [-0.15, -0.1) is 11.3 Å². The molecular formula is C21H16ClN3O2S. The van der Waals surface area contributed by atoms with Crippen LogP contribution >= 0.6 is 22.9 Å². The fourth-order valence-corrected chi connectivity index (χ4v) is 4.26. The fourth-order valence-electron chi connectivity index (χ4n) is 3.12. The maximum Gasteiger partial charge on any atom is 0.335 e. The summed E-state index contributed by atoms with van der Waals surface area (Å²) in [6.07, 6.45) is 1.52. The number of carboxylic acid groups (broad SMARTS) is 1. The number of nitrogens with one attached hydrogen (secondary N) is 1. The van der Waals surface area contributed by atoms with Crippen molar-refractivity contribution in [2.45, 2.75) is 13.8 Å². The van der Waals surface area contributed by atoms with Crippen molar-refractivity contribution in [3.05, 3.63) is 69.8 Å². The Hall–Kier alpha value is -2.96. The number of nitrogens with zero attached hydrogens (tertiary/aromatic N) is 2. The Bertz CT molecular complexity index is 1200. The molecule has 0 fully saturated rings. The minimum atomic E-state index is -0.968. The number of fused-ring (bicyclic) bond motifs is 1. The van der Waals surface area contributed by atoms with E-state index >= 15 is 0 Å². The van der Waals surface area contributed by atoms with Crippen molar-refractivity contribution in [1.29, 1.82) is 0 Å². The van der Waals surface area contributed by atoms with Crippen LogP contribution < -0.4 is 5.32 Å². The Morgan fingerprint density at radius 1 is 1.11 bits per heavy atom. The molecule has 4 rings (SSSR count). The molecule has 4 aromatic rings. The molecule has 0 atom stereocenters. The Morgan fingerprint density at radius 2 is 1.86 bits per heavy atom. The molecule has 0 amide bonds. The van der Waals surface area contributed by atoms with Crippen molar-refractivity contribution >= 4 is 50.6 Å². The van der Waals surface area contributed by atoms with Gasteiger partial charge < -0.3 is 10.4 Å². The van der Waals surface area contributed by atoms with Crippen molar-refractivity contribution in [1.82, 2.24) is 9.97 Å². The molecule has 2 heterocycles. The number of anilines is 2. The topological polar surface area (TPSA) is 75.1 Å². The average Bonchev–Trinajstić information content (AvgIpc) is 3.01. The third kappa shape index (κ3) is 3.32. The second kappa shape index (κ2) is 7.22. The third-order valence-corrected chi connectivity index (χ3v) is 5.80. The predicted octanol–water partition coefficient (Wildman–Crippen LogP) is 6.07. The van der Waals surface area contributed by atoms with Gasteiger partial charge in [0.1, 0.15) is 17.0 Å². The van der Waals surface area contributed by atoms with Crippen LogP contribution in [-0.2, 0) is 0 Å². The monoisotopic (exact) mass is 409 g/mol. The van der Waals surface area contributed by atoms with E-state index in [0.29, 0.717) is 16.5 Å². The molecule has 0 aliphatic heterocycles. The van der Waals surface area contributed by atoms with Crippen LogP contribution in [0.25, 0.3) is 21.3 Å². The van der Waals surface area contributed by atoms with Gasteiger partial charge in [-0.25, -0.2) is 14.8 Å². The summed E-state index contributed by atoms with van der Waals surface area (Å²) in [5.41, 5.74) is 3.93. The molecule has 7 heteroatoms. The van der Waals surface area contributed by atoms with Gasteiger partial charge in [-0.05, 0) is 49.2 Å². The molecule has 0 unspecified atom stereocenters. The number of hydrogen-bond acceptors (Lipinski definition) is 5. The van der Waals surface area contributed by atoms with E-state index in [4.69, 9.17) is 11.6 Å². The molecular weight excluding hydrogens is 394 g/mol. The molecule has 0 saturated carbocycles. The first-order valence-corrected chi connectivity index (χ1v) is 9.74. The second-order valence-corrected chi connectivity index (χ2v) is 8.04. The molecule has 28 heavy (non-hydrogen) atoms. The number of halogens is 1. The summed E-state index contributed by atoms with van der Waals surface area (Å²) in [6, 6.07) is 12.7. The number of rotatable bonds is 4.